The second-order valence-corrected chi connectivity index (χ2v) is 6.56. The molecule has 1 aliphatic rings. The van der Waals surface area contributed by atoms with Crippen LogP contribution in [0.5, 0.6) is 0 Å². The molecule has 1 amide bonds. The van der Waals surface area contributed by atoms with Crippen molar-refractivity contribution >= 4 is 27.5 Å². The number of nitro groups is 1. The minimum Gasteiger partial charge on any atom is -0.352 e. The lowest BCUT2D eigenvalue weighted by Gasteiger charge is -2.11. The van der Waals surface area contributed by atoms with Crippen molar-refractivity contribution in [3.8, 4) is 0 Å². The first-order chi connectivity index (χ1) is 9.47. The zero-order valence-corrected chi connectivity index (χ0v) is 12.9. The molecule has 0 heterocycles. The Kier molecular flexibility index (Phi) is 4.75. The minimum atomic E-state index is -0.515. The first kappa shape index (κ1) is 15.0. The molecule has 2 rings (SSSR count). The highest BCUT2D eigenvalue weighted by atomic mass is 79.9. The summed E-state index contributed by atoms with van der Waals surface area (Å²) in [7, 11) is 0. The molecule has 2 atom stereocenters. The van der Waals surface area contributed by atoms with Crippen LogP contribution < -0.4 is 5.32 Å². The van der Waals surface area contributed by atoms with Gasteiger partial charge in [0.15, 0.2) is 0 Å². The maximum Gasteiger partial charge on any atom is 0.282 e. The van der Waals surface area contributed by atoms with Gasteiger partial charge in [0.25, 0.3) is 11.6 Å². The quantitative estimate of drug-likeness (QED) is 0.519. The Bertz CT molecular complexity index is 533. The summed E-state index contributed by atoms with van der Waals surface area (Å²) in [4.78, 5) is 23.1. The molecule has 5 nitrogen and oxygen atoms in total. The molecule has 20 heavy (non-hydrogen) atoms. The second-order valence-electron chi connectivity index (χ2n) is 5.26. The SMILES string of the molecule is Cc1ccc([N+](=O)[O-])c(C(=O)NCC2CCC(Br)C2)c1. The van der Waals surface area contributed by atoms with Crippen LogP contribution in [0.3, 0.4) is 0 Å². The molecule has 0 bridgehead atoms. The predicted molar refractivity (Wildman–Crippen MR) is 80.2 cm³/mol. The van der Waals surface area contributed by atoms with Gasteiger partial charge in [0.2, 0.25) is 0 Å². The normalized spacial score (nSPS) is 21.7. The van der Waals surface area contributed by atoms with Crippen LogP contribution in [0.4, 0.5) is 5.69 Å². The Balaban J connectivity index is 2.05. The smallest absolute Gasteiger partial charge is 0.282 e. The third kappa shape index (κ3) is 3.56. The number of carbonyl (C=O) groups excluding carboxylic acids is 1. The van der Waals surface area contributed by atoms with E-state index in [0.717, 1.165) is 24.8 Å². The largest absolute Gasteiger partial charge is 0.352 e. The van der Waals surface area contributed by atoms with Crippen LogP contribution in [-0.4, -0.2) is 22.2 Å². The Morgan fingerprint density at radius 2 is 2.25 bits per heavy atom. The van der Waals surface area contributed by atoms with Crippen LogP contribution in [0.25, 0.3) is 0 Å². The summed E-state index contributed by atoms with van der Waals surface area (Å²) in [6, 6.07) is 4.59. The van der Waals surface area contributed by atoms with E-state index in [4.69, 9.17) is 0 Å². The monoisotopic (exact) mass is 340 g/mol. The maximum absolute atomic E-state index is 12.1. The van der Waals surface area contributed by atoms with Crippen molar-refractivity contribution in [2.75, 3.05) is 6.54 Å². The van der Waals surface area contributed by atoms with Crippen LogP contribution in [-0.2, 0) is 0 Å². The van der Waals surface area contributed by atoms with Crippen molar-refractivity contribution in [2.45, 2.75) is 31.0 Å². The number of nitro benzene ring substituents is 1. The topological polar surface area (TPSA) is 72.2 Å². The van der Waals surface area contributed by atoms with Gasteiger partial charge in [0, 0.05) is 17.4 Å². The fourth-order valence-electron chi connectivity index (χ4n) is 2.52. The lowest BCUT2D eigenvalue weighted by Crippen LogP contribution is -2.29. The molecule has 0 aliphatic heterocycles. The maximum atomic E-state index is 12.1. The molecular formula is C14H17BrN2O3. The van der Waals surface area contributed by atoms with Gasteiger partial charge in [-0.3, -0.25) is 14.9 Å². The number of halogens is 1. The Labute approximate surface area is 126 Å². The van der Waals surface area contributed by atoms with Crippen LogP contribution >= 0.6 is 15.9 Å². The van der Waals surface area contributed by atoms with Gasteiger partial charge in [-0.2, -0.15) is 0 Å². The van der Waals surface area contributed by atoms with Crippen LogP contribution in [0.2, 0.25) is 0 Å². The standard InChI is InChI=1S/C14H17BrN2O3/c1-9-2-5-13(17(19)20)12(6-9)14(18)16-8-10-3-4-11(15)7-10/h2,5-6,10-11H,3-4,7-8H2,1H3,(H,16,18). The predicted octanol–water partition coefficient (Wildman–Crippen LogP) is 3.20. The first-order valence-corrected chi connectivity index (χ1v) is 7.56. The highest BCUT2D eigenvalue weighted by Crippen LogP contribution is 2.30. The third-order valence-electron chi connectivity index (χ3n) is 3.62. The molecule has 108 valence electrons. The van der Waals surface area contributed by atoms with E-state index < -0.39 is 4.92 Å². The molecule has 2 unspecified atom stereocenters. The molecule has 1 aliphatic carbocycles. The Hall–Kier alpha value is -1.43. The number of benzene rings is 1. The van der Waals surface area contributed by atoms with Crippen molar-refractivity contribution in [3.63, 3.8) is 0 Å². The van der Waals surface area contributed by atoms with E-state index >= 15 is 0 Å². The van der Waals surface area contributed by atoms with Gasteiger partial charge in [-0.25, -0.2) is 0 Å². The molecule has 1 aromatic rings. The number of nitrogens with one attached hydrogen (secondary N) is 1. The third-order valence-corrected chi connectivity index (χ3v) is 4.45. The van der Waals surface area contributed by atoms with Crippen molar-refractivity contribution in [2.24, 2.45) is 5.92 Å². The molecule has 1 N–H and O–H groups in total. The Morgan fingerprint density at radius 3 is 2.85 bits per heavy atom. The molecule has 0 saturated heterocycles. The number of hydrogen-bond acceptors (Lipinski definition) is 3. The summed E-state index contributed by atoms with van der Waals surface area (Å²) in [6.07, 6.45) is 3.23. The summed E-state index contributed by atoms with van der Waals surface area (Å²) >= 11 is 3.57. The van der Waals surface area contributed by atoms with Gasteiger partial charge < -0.3 is 5.32 Å². The van der Waals surface area contributed by atoms with Crippen molar-refractivity contribution in [1.29, 1.82) is 0 Å². The van der Waals surface area contributed by atoms with E-state index in [-0.39, 0.29) is 17.2 Å². The summed E-state index contributed by atoms with van der Waals surface area (Å²) in [5.74, 6) is 0.0885. The molecule has 0 radical (unpaired) electrons. The Morgan fingerprint density at radius 1 is 1.50 bits per heavy atom. The number of rotatable bonds is 4. The average molecular weight is 341 g/mol. The minimum absolute atomic E-state index is 0.141. The molecule has 0 spiro atoms. The van der Waals surface area contributed by atoms with Gasteiger partial charge in [-0.1, -0.05) is 22.0 Å². The highest BCUT2D eigenvalue weighted by molar-refractivity contribution is 9.09. The molecular weight excluding hydrogens is 324 g/mol. The van der Waals surface area contributed by atoms with Gasteiger partial charge in [0.1, 0.15) is 5.56 Å². The van der Waals surface area contributed by atoms with E-state index in [1.807, 2.05) is 6.92 Å². The van der Waals surface area contributed by atoms with E-state index in [9.17, 15) is 14.9 Å². The number of alkyl halides is 1. The van der Waals surface area contributed by atoms with E-state index in [1.54, 1.807) is 12.1 Å². The van der Waals surface area contributed by atoms with Crippen LogP contribution in [0, 0.1) is 23.0 Å². The van der Waals surface area contributed by atoms with Crippen LogP contribution in [0.15, 0.2) is 18.2 Å². The van der Waals surface area contributed by atoms with E-state index in [0.29, 0.717) is 17.3 Å². The van der Waals surface area contributed by atoms with Gasteiger partial charge in [-0.15, -0.1) is 0 Å². The first-order valence-electron chi connectivity index (χ1n) is 6.64. The summed E-state index contributed by atoms with van der Waals surface area (Å²) in [5, 5.41) is 13.8. The number of nitrogens with zero attached hydrogens (tertiary/aromatic N) is 1. The fraction of sp³-hybridized carbons (Fsp3) is 0.500. The summed E-state index contributed by atoms with van der Waals surface area (Å²) < 4.78 is 0. The molecule has 0 aromatic heterocycles. The van der Waals surface area contributed by atoms with E-state index in [1.165, 1.54) is 6.07 Å². The van der Waals surface area contributed by atoms with Gasteiger partial charge in [-0.05, 0) is 43.7 Å². The molecule has 1 saturated carbocycles. The summed E-state index contributed by atoms with van der Waals surface area (Å²) in [5.41, 5.74) is 0.836. The van der Waals surface area contributed by atoms with Crippen molar-refractivity contribution in [1.82, 2.24) is 5.32 Å². The van der Waals surface area contributed by atoms with Crippen molar-refractivity contribution < 1.29 is 9.72 Å². The molecule has 1 fully saturated rings. The average Bonchev–Trinajstić information content (AvgIpc) is 2.81. The number of hydrogen-bond donors (Lipinski definition) is 1. The zero-order chi connectivity index (χ0) is 14.7. The zero-order valence-electron chi connectivity index (χ0n) is 11.3. The van der Waals surface area contributed by atoms with Gasteiger partial charge >= 0.3 is 0 Å². The lowest BCUT2D eigenvalue weighted by molar-refractivity contribution is -0.385. The van der Waals surface area contributed by atoms with Crippen LogP contribution in [0.1, 0.15) is 35.2 Å². The van der Waals surface area contributed by atoms with E-state index in [2.05, 4.69) is 21.2 Å². The van der Waals surface area contributed by atoms with Gasteiger partial charge in [0.05, 0.1) is 4.92 Å². The fourth-order valence-corrected chi connectivity index (χ4v) is 3.32. The highest BCUT2D eigenvalue weighted by Gasteiger charge is 2.24. The lowest BCUT2D eigenvalue weighted by atomic mass is 10.1. The second kappa shape index (κ2) is 6.35. The number of carbonyl (C=O) groups is 1. The number of aryl methyl sites for hydroxylation is 1. The molecule has 6 heteroatoms. The number of amides is 1. The molecule has 1 aromatic carbocycles. The van der Waals surface area contributed by atoms with Crippen molar-refractivity contribution in [3.05, 3.63) is 39.4 Å². The summed E-state index contributed by atoms with van der Waals surface area (Å²) in [6.45, 7) is 2.39.